The molecule has 0 atom stereocenters. The minimum atomic E-state index is 0.0000491. The number of carbonyl (C=O) groups excluding carboxylic acids is 1. The van der Waals surface area contributed by atoms with E-state index >= 15 is 0 Å². The molecule has 1 aliphatic rings. The molecular weight excluding hydrogens is 252 g/mol. The van der Waals surface area contributed by atoms with Gasteiger partial charge in [-0.25, -0.2) is 0 Å². The average molecular weight is 272 g/mol. The van der Waals surface area contributed by atoms with Gasteiger partial charge < -0.3 is 5.32 Å². The number of carbonyl (C=O) groups is 1. The standard InChI is InChI=1S/C15H20N4O/c1-11-17-18-14-10-12(8-9-19(11)14)15(20)16-13-6-4-2-3-5-7-13/h8-10,13H,2-7H2,1H3,(H,16,20). The summed E-state index contributed by atoms with van der Waals surface area (Å²) in [4.78, 5) is 12.3. The van der Waals surface area contributed by atoms with Crippen LogP contribution in [0.4, 0.5) is 0 Å². The minimum absolute atomic E-state index is 0.0000491. The van der Waals surface area contributed by atoms with Crippen LogP contribution in [0.15, 0.2) is 18.3 Å². The van der Waals surface area contributed by atoms with Crippen molar-refractivity contribution in [3.8, 4) is 0 Å². The first kappa shape index (κ1) is 13.1. The molecule has 0 radical (unpaired) electrons. The van der Waals surface area contributed by atoms with Crippen molar-refractivity contribution in [1.82, 2.24) is 19.9 Å². The molecule has 0 saturated heterocycles. The molecule has 3 rings (SSSR count). The van der Waals surface area contributed by atoms with E-state index in [2.05, 4.69) is 15.5 Å². The number of amides is 1. The van der Waals surface area contributed by atoms with Gasteiger partial charge in [0.15, 0.2) is 5.65 Å². The Bertz CT molecular complexity index is 611. The molecule has 2 heterocycles. The van der Waals surface area contributed by atoms with Crippen molar-refractivity contribution in [2.45, 2.75) is 51.5 Å². The van der Waals surface area contributed by atoms with Crippen molar-refractivity contribution in [2.24, 2.45) is 0 Å². The fraction of sp³-hybridized carbons (Fsp3) is 0.533. The highest BCUT2D eigenvalue weighted by Gasteiger charge is 2.16. The van der Waals surface area contributed by atoms with Gasteiger partial charge in [-0.2, -0.15) is 0 Å². The largest absolute Gasteiger partial charge is 0.349 e. The molecule has 0 spiro atoms. The lowest BCUT2D eigenvalue weighted by atomic mass is 10.1. The number of fused-ring (bicyclic) bond motifs is 1. The highest BCUT2D eigenvalue weighted by atomic mass is 16.1. The number of aryl methyl sites for hydroxylation is 1. The predicted molar refractivity (Wildman–Crippen MR) is 76.7 cm³/mol. The van der Waals surface area contributed by atoms with Gasteiger partial charge in [0, 0.05) is 17.8 Å². The summed E-state index contributed by atoms with van der Waals surface area (Å²) in [6.45, 7) is 1.89. The Kier molecular flexibility index (Phi) is 3.67. The van der Waals surface area contributed by atoms with Gasteiger partial charge in [0.1, 0.15) is 5.82 Å². The number of hydrogen-bond acceptors (Lipinski definition) is 3. The third kappa shape index (κ3) is 2.66. The second-order valence-corrected chi connectivity index (χ2v) is 5.55. The van der Waals surface area contributed by atoms with Crippen LogP contribution in [0.3, 0.4) is 0 Å². The Hall–Kier alpha value is -1.91. The Morgan fingerprint density at radius 2 is 2.00 bits per heavy atom. The van der Waals surface area contributed by atoms with Crippen molar-refractivity contribution in [2.75, 3.05) is 0 Å². The van der Waals surface area contributed by atoms with Gasteiger partial charge >= 0.3 is 0 Å². The SMILES string of the molecule is Cc1nnc2cc(C(=O)NC3CCCCCC3)ccn12. The lowest BCUT2D eigenvalue weighted by molar-refractivity contribution is 0.0933. The van der Waals surface area contributed by atoms with Gasteiger partial charge in [0.05, 0.1) is 0 Å². The predicted octanol–water partition coefficient (Wildman–Crippen LogP) is 2.49. The summed E-state index contributed by atoms with van der Waals surface area (Å²) in [7, 11) is 0. The van der Waals surface area contributed by atoms with Crippen molar-refractivity contribution >= 4 is 11.6 Å². The maximum absolute atomic E-state index is 12.3. The highest BCUT2D eigenvalue weighted by Crippen LogP contribution is 2.17. The third-order valence-electron chi connectivity index (χ3n) is 4.03. The van der Waals surface area contributed by atoms with E-state index in [1.165, 1.54) is 25.7 Å². The first-order valence-corrected chi connectivity index (χ1v) is 7.36. The van der Waals surface area contributed by atoms with Gasteiger partial charge in [-0.1, -0.05) is 25.7 Å². The maximum Gasteiger partial charge on any atom is 0.251 e. The molecule has 2 aromatic heterocycles. The van der Waals surface area contributed by atoms with Crippen LogP contribution >= 0.6 is 0 Å². The lowest BCUT2D eigenvalue weighted by Crippen LogP contribution is -2.34. The Balaban J connectivity index is 1.74. The second-order valence-electron chi connectivity index (χ2n) is 5.55. The number of pyridine rings is 1. The van der Waals surface area contributed by atoms with E-state index in [0.717, 1.165) is 24.3 Å². The van der Waals surface area contributed by atoms with Crippen molar-refractivity contribution in [3.05, 3.63) is 29.7 Å². The zero-order valence-corrected chi connectivity index (χ0v) is 11.8. The van der Waals surface area contributed by atoms with Crippen LogP contribution < -0.4 is 5.32 Å². The topological polar surface area (TPSA) is 59.3 Å². The van der Waals surface area contributed by atoms with Crippen LogP contribution in [0.1, 0.15) is 54.7 Å². The molecule has 1 aliphatic carbocycles. The minimum Gasteiger partial charge on any atom is -0.349 e. The van der Waals surface area contributed by atoms with Gasteiger partial charge in [0.2, 0.25) is 0 Å². The molecule has 0 bridgehead atoms. The number of nitrogens with one attached hydrogen (secondary N) is 1. The van der Waals surface area contributed by atoms with Gasteiger partial charge in [-0.3, -0.25) is 9.20 Å². The van der Waals surface area contributed by atoms with Crippen molar-refractivity contribution in [1.29, 1.82) is 0 Å². The van der Waals surface area contributed by atoms with E-state index in [1.807, 2.05) is 23.6 Å². The summed E-state index contributed by atoms with van der Waals surface area (Å²) in [6.07, 6.45) is 9.05. The van der Waals surface area contributed by atoms with Crippen LogP contribution in [0.5, 0.6) is 0 Å². The number of hydrogen-bond donors (Lipinski definition) is 1. The molecule has 0 aliphatic heterocycles. The summed E-state index contributed by atoms with van der Waals surface area (Å²) < 4.78 is 1.88. The molecule has 5 heteroatoms. The van der Waals surface area contributed by atoms with E-state index < -0.39 is 0 Å². The molecule has 1 saturated carbocycles. The maximum atomic E-state index is 12.3. The molecule has 0 unspecified atom stereocenters. The monoisotopic (exact) mass is 272 g/mol. The van der Waals surface area contributed by atoms with Crippen molar-refractivity contribution < 1.29 is 4.79 Å². The van der Waals surface area contributed by atoms with Gasteiger partial charge in [-0.15, -0.1) is 10.2 Å². The molecule has 20 heavy (non-hydrogen) atoms. The summed E-state index contributed by atoms with van der Waals surface area (Å²) in [5.41, 5.74) is 1.38. The van der Waals surface area contributed by atoms with E-state index in [1.54, 1.807) is 6.07 Å². The van der Waals surface area contributed by atoms with Crippen LogP contribution in [-0.2, 0) is 0 Å². The summed E-state index contributed by atoms with van der Waals surface area (Å²) in [5.74, 6) is 0.829. The number of aromatic nitrogens is 3. The Labute approximate surface area is 118 Å². The summed E-state index contributed by atoms with van der Waals surface area (Å²) in [5, 5.41) is 11.2. The van der Waals surface area contributed by atoms with Gasteiger partial charge in [0.25, 0.3) is 5.91 Å². The molecule has 5 nitrogen and oxygen atoms in total. The lowest BCUT2D eigenvalue weighted by Gasteiger charge is -2.16. The molecule has 0 aromatic carbocycles. The normalized spacial score (nSPS) is 17.1. The summed E-state index contributed by atoms with van der Waals surface area (Å²) in [6, 6.07) is 3.95. The smallest absolute Gasteiger partial charge is 0.251 e. The Morgan fingerprint density at radius 1 is 1.25 bits per heavy atom. The van der Waals surface area contributed by atoms with E-state index in [9.17, 15) is 4.79 Å². The van der Waals surface area contributed by atoms with Crippen LogP contribution in [0, 0.1) is 6.92 Å². The first-order valence-electron chi connectivity index (χ1n) is 7.36. The zero-order valence-electron chi connectivity index (χ0n) is 11.8. The molecule has 1 N–H and O–H groups in total. The molecule has 106 valence electrons. The average Bonchev–Trinajstić information content (AvgIpc) is 2.66. The first-order chi connectivity index (χ1) is 9.74. The van der Waals surface area contributed by atoms with Gasteiger partial charge in [-0.05, 0) is 31.9 Å². The van der Waals surface area contributed by atoms with E-state index in [0.29, 0.717) is 11.6 Å². The zero-order chi connectivity index (χ0) is 13.9. The number of rotatable bonds is 2. The van der Waals surface area contributed by atoms with Crippen LogP contribution in [-0.4, -0.2) is 26.5 Å². The Morgan fingerprint density at radius 3 is 2.75 bits per heavy atom. The molecule has 1 amide bonds. The highest BCUT2D eigenvalue weighted by molar-refractivity contribution is 5.95. The van der Waals surface area contributed by atoms with Crippen LogP contribution in [0.25, 0.3) is 5.65 Å². The second kappa shape index (κ2) is 5.61. The number of nitrogens with zero attached hydrogens (tertiary/aromatic N) is 3. The quantitative estimate of drug-likeness (QED) is 0.854. The fourth-order valence-electron chi connectivity index (χ4n) is 2.84. The summed E-state index contributed by atoms with van der Waals surface area (Å²) >= 11 is 0. The fourth-order valence-corrected chi connectivity index (χ4v) is 2.84. The molecular formula is C15H20N4O. The molecule has 2 aromatic rings. The van der Waals surface area contributed by atoms with Crippen molar-refractivity contribution in [3.63, 3.8) is 0 Å². The third-order valence-corrected chi connectivity index (χ3v) is 4.03. The van der Waals surface area contributed by atoms with E-state index in [4.69, 9.17) is 0 Å². The van der Waals surface area contributed by atoms with Crippen LogP contribution in [0.2, 0.25) is 0 Å². The van der Waals surface area contributed by atoms with E-state index in [-0.39, 0.29) is 5.91 Å². The molecule has 1 fully saturated rings.